The van der Waals surface area contributed by atoms with E-state index in [9.17, 15) is 14.3 Å². The van der Waals surface area contributed by atoms with Gasteiger partial charge in [-0.3, -0.25) is 0 Å². The second-order valence-electron chi connectivity index (χ2n) is 7.40. The smallest absolute Gasteiger partial charge is 0.338 e. The summed E-state index contributed by atoms with van der Waals surface area (Å²) in [5, 5.41) is 9.34. The highest BCUT2D eigenvalue weighted by Crippen LogP contribution is 2.41. The predicted octanol–water partition coefficient (Wildman–Crippen LogP) is 6.17. The Morgan fingerprint density at radius 1 is 1.07 bits per heavy atom. The summed E-state index contributed by atoms with van der Waals surface area (Å²) >= 11 is 0. The van der Waals surface area contributed by atoms with Gasteiger partial charge >= 0.3 is 5.97 Å². The van der Waals surface area contributed by atoms with Crippen LogP contribution in [0, 0.1) is 11.6 Å². The van der Waals surface area contributed by atoms with E-state index in [-0.39, 0.29) is 23.4 Å². The van der Waals surface area contributed by atoms with Crippen molar-refractivity contribution in [3.63, 3.8) is 0 Å². The van der Waals surface area contributed by atoms with Crippen molar-refractivity contribution >= 4 is 5.97 Å². The van der Waals surface area contributed by atoms with Crippen LogP contribution in [0.3, 0.4) is 0 Å². The van der Waals surface area contributed by atoms with Crippen molar-refractivity contribution in [2.45, 2.75) is 57.5 Å². The Morgan fingerprint density at radius 3 is 2.36 bits per heavy atom. The molecule has 1 aliphatic rings. The maximum absolute atomic E-state index is 15.2. The fraction of sp³-hybridized carbons (Fsp3) is 0.435. The van der Waals surface area contributed by atoms with Gasteiger partial charge in [0.2, 0.25) is 0 Å². The summed E-state index contributed by atoms with van der Waals surface area (Å²) in [6.45, 7) is 2.87. The van der Waals surface area contributed by atoms with Crippen LogP contribution in [0.5, 0.6) is 0 Å². The molecule has 2 aromatic rings. The number of hydrogen-bond donors (Lipinski definition) is 1. The molecule has 0 atom stereocenters. The molecule has 2 aromatic carbocycles. The number of hydrogen-bond acceptors (Lipinski definition) is 2. The van der Waals surface area contributed by atoms with Crippen molar-refractivity contribution in [3.8, 4) is 11.1 Å². The average molecular weight is 388 g/mol. The number of rotatable bonds is 7. The molecule has 3 rings (SSSR count). The van der Waals surface area contributed by atoms with E-state index in [4.69, 9.17) is 4.74 Å². The van der Waals surface area contributed by atoms with E-state index in [0.717, 1.165) is 45.1 Å². The summed E-state index contributed by atoms with van der Waals surface area (Å²) in [7, 11) is 0. The molecule has 5 heteroatoms. The Morgan fingerprint density at radius 2 is 1.75 bits per heavy atom. The minimum absolute atomic E-state index is 0.0784. The molecule has 150 valence electrons. The Bertz CT molecular complexity index is 809. The van der Waals surface area contributed by atoms with E-state index >= 15 is 4.39 Å². The summed E-state index contributed by atoms with van der Waals surface area (Å²) < 4.78 is 34.4. The number of ether oxygens (including phenoxy) is 1. The first-order valence-corrected chi connectivity index (χ1v) is 9.94. The van der Waals surface area contributed by atoms with E-state index in [0.29, 0.717) is 16.7 Å². The van der Waals surface area contributed by atoms with E-state index in [2.05, 4.69) is 6.92 Å². The van der Waals surface area contributed by atoms with Crippen LogP contribution in [0.4, 0.5) is 8.78 Å². The summed E-state index contributed by atoms with van der Waals surface area (Å²) in [5.41, 5.74) is 1.44. The lowest BCUT2D eigenvalue weighted by molar-refractivity contribution is 0.0230. The lowest BCUT2D eigenvalue weighted by Crippen LogP contribution is -2.22. The molecule has 1 fully saturated rings. The summed E-state index contributed by atoms with van der Waals surface area (Å²) in [5.74, 6) is -2.39. The maximum Gasteiger partial charge on any atom is 0.338 e. The Kier molecular flexibility index (Phi) is 6.79. The highest BCUT2D eigenvalue weighted by molar-refractivity contribution is 5.89. The Hall–Kier alpha value is -2.27. The third-order valence-corrected chi connectivity index (χ3v) is 5.50. The van der Waals surface area contributed by atoms with Gasteiger partial charge in [-0.15, -0.1) is 0 Å². The van der Waals surface area contributed by atoms with Crippen molar-refractivity contribution in [1.29, 1.82) is 0 Å². The lowest BCUT2D eigenvalue weighted by Gasteiger charge is -2.30. The van der Waals surface area contributed by atoms with Crippen LogP contribution in [0.15, 0.2) is 36.4 Å². The van der Waals surface area contributed by atoms with Crippen LogP contribution in [0.25, 0.3) is 11.1 Å². The van der Waals surface area contributed by atoms with Crippen LogP contribution in [-0.4, -0.2) is 23.8 Å². The maximum atomic E-state index is 15.2. The number of carbonyl (C=O) groups is 1. The largest absolute Gasteiger partial charge is 0.478 e. The van der Waals surface area contributed by atoms with Gasteiger partial charge < -0.3 is 9.84 Å². The number of aromatic carboxylic acids is 1. The Balaban J connectivity index is 1.89. The molecular weight excluding hydrogens is 362 g/mol. The molecule has 0 saturated heterocycles. The molecule has 1 N–H and O–H groups in total. The molecule has 0 aliphatic heterocycles. The highest BCUT2D eigenvalue weighted by atomic mass is 19.1. The van der Waals surface area contributed by atoms with Gasteiger partial charge in [0.25, 0.3) is 0 Å². The van der Waals surface area contributed by atoms with E-state index in [1.807, 2.05) is 0 Å². The van der Waals surface area contributed by atoms with Gasteiger partial charge in [-0.1, -0.05) is 31.5 Å². The van der Waals surface area contributed by atoms with E-state index in [1.165, 1.54) is 18.2 Å². The van der Waals surface area contributed by atoms with Gasteiger partial charge in [0.1, 0.15) is 11.6 Å². The van der Waals surface area contributed by atoms with Gasteiger partial charge in [0, 0.05) is 6.61 Å². The molecule has 3 nitrogen and oxygen atoms in total. The topological polar surface area (TPSA) is 46.5 Å². The number of carboxylic acids is 1. The molecule has 0 heterocycles. The standard InChI is InChI=1S/C23H26F2O3/c1-2-3-14-28-18-10-6-16(7-11-18)21-19(15-4-8-17(24)9-5-15)12-13-20(22(21)25)23(26)27/h4-5,8-9,12-13,16,18H,2-3,6-7,10-11,14H2,1H3,(H,26,27)/t16-,18-. The van der Waals surface area contributed by atoms with Crippen LogP contribution in [-0.2, 0) is 4.74 Å². The van der Waals surface area contributed by atoms with Gasteiger partial charge in [-0.05, 0) is 72.9 Å². The third kappa shape index (κ3) is 4.58. The van der Waals surface area contributed by atoms with E-state index in [1.54, 1.807) is 18.2 Å². The van der Waals surface area contributed by atoms with Crippen molar-refractivity contribution < 1.29 is 23.4 Å². The predicted molar refractivity (Wildman–Crippen MR) is 105 cm³/mol. The van der Waals surface area contributed by atoms with Crippen LogP contribution < -0.4 is 0 Å². The van der Waals surface area contributed by atoms with Crippen molar-refractivity contribution in [3.05, 3.63) is 59.2 Å². The van der Waals surface area contributed by atoms with Gasteiger partial charge in [0.05, 0.1) is 11.7 Å². The Labute approximate surface area is 164 Å². The minimum Gasteiger partial charge on any atom is -0.478 e. The van der Waals surface area contributed by atoms with Gasteiger partial charge in [0.15, 0.2) is 0 Å². The molecule has 0 amide bonds. The highest BCUT2D eigenvalue weighted by Gasteiger charge is 2.29. The zero-order valence-electron chi connectivity index (χ0n) is 16.1. The second kappa shape index (κ2) is 9.28. The normalized spacial score (nSPS) is 19.5. The number of benzene rings is 2. The third-order valence-electron chi connectivity index (χ3n) is 5.50. The molecule has 1 aliphatic carbocycles. The van der Waals surface area contributed by atoms with Gasteiger partial charge in [-0.25, -0.2) is 13.6 Å². The molecule has 28 heavy (non-hydrogen) atoms. The van der Waals surface area contributed by atoms with Gasteiger partial charge in [-0.2, -0.15) is 0 Å². The average Bonchev–Trinajstić information content (AvgIpc) is 2.69. The van der Waals surface area contributed by atoms with Crippen LogP contribution in [0.2, 0.25) is 0 Å². The summed E-state index contributed by atoms with van der Waals surface area (Å²) in [6, 6.07) is 8.81. The molecule has 0 bridgehead atoms. The zero-order chi connectivity index (χ0) is 20.1. The minimum atomic E-state index is -1.28. The van der Waals surface area contributed by atoms with Crippen molar-refractivity contribution in [1.82, 2.24) is 0 Å². The number of halogens is 2. The molecule has 0 unspecified atom stereocenters. The first-order chi connectivity index (χ1) is 13.5. The molecule has 0 aromatic heterocycles. The fourth-order valence-electron chi connectivity index (χ4n) is 3.95. The quantitative estimate of drug-likeness (QED) is 0.577. The SMILES string of the molecule is CCCCO[C@H]1CC[C@H](c2c(-c3ccc(F)cc3)ccc(C(=O)O)c2F)CC1. The van der Waals surface area contributed by atoms with Crippen LogP contribution >= 0.6 is 0 Å². The van der Waals surface area contributed by atoms with Crippen LogP contribution in [0.1, 0.15) is 67.3 Å². The summed E-state index contributed by atoms with van der Waals surface area (Å²) in [6.07, 6.45) is 5.44. The van der Waals surface area contributed by atoms with Crippen molar-refractivity contribution in [2.75, 3.05) is 6.61 Å². The molecule has 1 saturated carbocycles. The second-order valence-corrected chi connectivity index (χ2v) is 7.40. The van der Waals surface area contributed by atoms with Crippen molar-refractivity contribution in [2.24, 2.45) is 0 Å². The molecule has 0 radical (unpaired) electrons. The number of carboxylic acid groups (broad SMARTS) is 1. The molecular formula is C23H26F2O3. The monoisotopic (exact) mass is 388 g/mol. The lowest BCUT2D eigenvalue weighted by atomic mass is 9.79. The number of unbranched alkanes of at least 4 members (excludes halogenated alkanes) is 1. The first kappa shape index (κ1) is 20.5. The first-order valence-electron chi connectivity index (χ1n) is 9.94. The van der Waals surface area contributed by atoms with E-state index < -0.39 is 11.8 Å². The fourth-order valence-corrected chi connectivity index (χ4v) is 3.95. The summed E-state index contributed by atoms with van der Waals surface area (Å²) in [4.78, 5) is 11.4. The molecule has 0 spiro atoms. The zero-order valence-corrected chi connectivity index (χ0v) is 16.1.